The van der Waals surface area contributed by atoms with Crippen molar-refractivity contribution in [3.63, 3.8) is 0 Å². The van der Waals surface area contributed by atoms with Crippen LogP contribution in [0.15, 0.2) is 36.5 Å². The second kappa shape index (κ2) is 17.0. The maximum absolute atomic E-state index is 10.4. The molecule has 23 heavy (non-hydrogen) atoms. The van der Waals surface area contributed by atoms with Crippen molar-refractivity contribution in [3.05, 3.63) is 36.5 Å². The highest BCUT2D eigenvalue weighted by atomic mass is 16.4. The minimum absolute atomic E-state index is 0.250. The molecule has 0 amide bonds. The fourth-order valence-corrected chi connectivity index (χ4v) is 2.23. The van der Waals surface area contributed by atoms with E-state index in [1.54, 1.807) is 0 Å². The Hall–Kier alpha value is -1.35. The van der Waals surface area contributed by atoms with Gasteiger partial charge in [-0.1, -0.05) is 75.5 Å². The Morgan fingerprint density at radius 3 is 2.48 bits per heavy atom. The molecule has 0 aliphatic heterocycles. The number of aliphatic hydroxyl groups is 1. The normalized spacial score (nSPS) is 13.5. The van der Waals surface area contributed by atoms with Crippen molar-refractivity contribution < 1.29 is 15.0 Å². The maximum atomic E-state index is 10.4. The molecule has 0 aromatic carbocycles. The maximum Gasteiger partial charge on any atom is 0.303 e. The fourth-order valence-electron chi connectivity index (χ4n) is 2.23. The van der Waals surface area contributed by atoms with Crippen molar-refractivity contribution in [2.75, 3.05) is 0 Å². The van der Waals surface area contributed by atoms with Gasteiger partial charge < -0.3 is 10.2 Å². The summed E-state index contributed by atoms with van der Waals surface area (Å²) in [6.07, 6.45) is 22.3. The van der Waals surface area contributed by atoms with Gasteiger partial charge in [-0.05, 0) is 32.1 Å². The summed E-state index contributed by atoms with van der Waals surface area (Å²) in [5, 5.41) is 18.3. The van der Waals surface area contributed by atoms with Gasteiger partial charge in [0.05, 0.1) is 6.10 Å². The van der Waals surface area contributed by atoms with Crippen molar-refractivity contribution >= 4 is 5.97 Å². The molecule has 0 saturated carbocycles. The summed E-state index contributed by atoms with van der Waals surface area (Å²) in [6, 6.07) is 0. The molecule has 3 nitrogen and oxygen atoms in total. The highest BCUT2D eigenvalue weighted by Crippen LogP contribution is 2.08. The van der Waals surface area contributed by atoms with E-state index in [1.807, 2.05) is 18.2 Å². The van der Waals surface area contributed by atoms with Crippen LogP contribution >= 0.6 is 0 Å². The number of aliphatic carboxylic acids is 1. The smallest absolute Gasteiger partial charge is 0.303 e. The Morgan fingerprint density at radius 2 is 1.74 bits per heavy atom. The zero-order valence-corrected chi connectivity index (χ0v) is 14.6. The third kappa shape index (κ3) is 18.6. The van der Waals surface area contributed by atoms with Gasteiger partial charge in [0.2, 0.25) is 0 Å². The molecule has 132 valence electrons. The minimum atomic E-state index is -0.726. The first-order valence-corrected chi connectivity index (χ1v) is 9.05. The van der Waals surface area contributed by atoms with E-state index in [2.05, 4.69) is 25.2 Å². The molecule has 0 radical (unpaired) electrons. The highest BCUT2D eigenvalue weighted by Gasteiger charge is 1.99. The van der Waals surface area contributed by atoms with Gasteiger partial charge in [0.15, 0.2) is 0 Å². The van der Waals surface area contributed by atoms with Gasteiger partial charge in [-0.2, -0.15) is 0 Å². The second-order valence-electron chi connectivity index (χ2n) is 5.93. The van der Waals surface area contributed by atoms with Gasteiger partial charge in [0, 0.05) is 6.42 Å². The van der Waals surface area contributed by atoms with Gasteiger partial charge >= 0.3 is 5.97 Å². The average Bonchev–Trinajstić information content (AvgIpc) is 2.52. The van der Waals surface area contributed by atoms with Crippen LogP contribution in [0.1, 0.15) is 77.6 Å². The Labute approximate surface area is 141 Å². The first-order chi connectivity index (χ1) is 11.2. The Balaban J connectivity index is 3.51. The van der Waals surface area contributed by atoms with Gasteiger partial charge in [0.1, 0.15) is 0 Å². The quantitative estimate of drug-likeness (QED) is 0.241. The Morgan fingerprint density at radius 1 is 0.957 bits per heavy atom. The number of hydrogen-bond donors (Lipinski definition) is 2. The van der Waals surface area contributed by atoms with Gasteiger partial charge in [-0.25, -0.2) is 0 Å². The molecule has 0 aromatic heterocycles. The monoisotopic (exact) mass is 322 g/mol. The van der Waals surface area contributed by atoms with Gasteiger partial charge in [-0.3, -0.25) is 4.79 Å². The van der Waals surface area contributed by atoms with Crippen LogP contribution in [0.4, 0.5) is 0 Å². The number of unbranched alkanes of at least 4 members (excludes halogenated alkanes) is 6. The summed E-state index contributed by atoms with van der Waals surface area (Å²) in [7, 11) is 0. The lowest BCUT2D eigenvalue weighted by atomic mass is 10.1. The van der Waals surface area contributed by atoms with Crippen molar-refractivity contribution in [2.24, 2.45) is 0 Å². The number of rotatable bonds is 15. The van der Waals surface area contributed by atoms with Crippen molar-refractivity contribution in [1.29, 1.82) is 0 Å². The van der Waals surface area contributed by atoms with Crippen LogP contribution in [0.25, 0.3) is 0 Å². The van der Waals surface area contributed by atoms with E-state index in [9.17, 15) is 9.90 Å². The first kappa shape index (κ1) is 21.6. The van der Waals surface area contributed by atoms with Crippen LogP contribution in [0.2, 0.25) is 0 Å². The molecule has 3 heteroatoms. The van der Waals surface area contributed by atoms with Crippen LogP contribution in [-0.4, -0.2) is 22.3 Å². The van der Waals surface area contributed by atoms with Crippen molar-refractivity contribution in [2.45, 2.75) is 83.7 Å². The molecule has 0 heterocycles. The standard InChI is InChI=1S/C20H34O3/c1-2-3-4-5-6-7-8-9-10-13-16-19(21)17-14-11-12-15-18-20(22)23/h6-7,9-10,13,16,19,21H,2-5,8,11-12,14-15,17-18H2,1H3,(H,22,23)/b7-6-,10-9+,16-13-/t19-/m1/s1. The van der Waals surface area contributed by atoms with E-state index >= 15 is 0 Å². The lowest BCUT2D eigenvalue weighted by Crippen LogP contribution is -2.01. The molecule has 1 atom stereocenters. The molecule has 2 N–H and O–H groups in total. The highest BCUT2D eigenvalue weighted by molar-refractivity contribution is 5.66. The number of hydrogen-bond acceptors (Lipinski definition) is 2. The van der Waals surface area contributed by atoms with E-state index in [4.69, 9.17) is 5.11 Å². The third-order valence-electron chi connectivity index (χ3n) is 3.63. The van der Waals surface area contributed by atoms with Crippen LogP contribution in [-0.2, 0) is 4.79 Å². The van der Waals surface area contributed by atoms with Crippen molar-refractivity contribution in [3.8, 4) is 0 Å². The predicted octanol–water partition coefficient (Wildman–Crippen LogP) is 5.41. The number of allylic oxidation sites excluding steroid dienone is 5. The molecule has 0 aliphatic carbocycles. The minimum Gasteiger partial charge on any atom is -0.481 e. The second-order valence-corrected chi connectivity index (χ2v) is 5.93. The molecule has 0 bridgehead atoms. The summed E-state index contributed by atoms with van der Waals surface area (Å²) < 4.78 is 0. The fraction of sp³-hybridized carbons (Fsp3) is 0.650. The Bertz CT molecular complexity index is 356. The molecule has 0 unspecified atom stereocenters. The molecule has 0 spiro atoms. The van der Waals surface area contributed by atoms with Gasteiger partial charge in [-0.15, -0.1) is 0 Å². The molecule has 0 fully saturated rings. The van der Waals surface area contributed by atoms with E-state index in [0.29, 0.717) is 0 Å². The lowest BCUT2D eigenvalue weighted by Gasteiger charge is -2.04. The number of aliphatic hydroxyl groups excluding tert-OH is 1. The zero-order chi connectivity index (χ0) is 17.2. The summed E-state index contributed by atoms with van der Waals surface area (Å²) in [6.45, 7) is 2.21. The predicted molar refractivity (Wildman–Crippen MR) is 97.5 cm³/mol. The largest absolute Gasteiger partial charge is 0.481 e. The number of carboxylic acids is 1. The van der Waals surface area contributed by atoms with Crippen molar-refractivity contribution in [1.82, 2.24) is 0 Å². The van der Waals surface area contributed by atoms with Crippen LogP contribution < -0.4 is 0 Å². The summed E-state index contributed by atoms with van der Waals surface area (Å²) in [5.41, 5.74) is 0. The molecular formula is C20H34O3. The van der Waals surface area contributed by atoms with E-state index in [0.717, 1.165) is 38.5 Å². The molecule has 0 saturated heterocycles. The zero-order valence-electron chi connectivity index (χ0n) is 14.6. The molecule has 0 rings (SSSR count). The lowest BCUT2D eigenvalue weighted by molar-refractivity contribution is -0.137. The topological polar surface area (TPSA) is 57.5 Å². The SMILES string of the molecule is CCCCC/C=C\C/C=C/C=C\[C@@H](O)CCCCCCC(=O)O. The van der Waals surface area contributed by atoms with E-state index < -0.39 is 12.1 Å². The average molecular weight is 322 g/mol. The van der Waals surface area contributed by atoms with Crippen LogP contribution in [0.3, 0.4) is 0 Å². The van der Waals surface area contributed by atoms with E-state index in [1.165, 1.54) is 25.7 Å². The summed E-state index contributed by atoms with van der Waals surface area (Å²) in [5.74, 6) is -0.726. The molecule has 0 aliphatic rings. The third-order valence-corrected chi connectivity index (χ3v) is 3.63. The molecule has 0 aromatic rings. The van der Waals surface area contributed by atoms with Crippen LogP contribution in [0.5, 0.6) is 0 Å². The van der Waals surface area contributed by atoms with Crippen LogP contribution in [0, 0.1) is 0 Å². The Kier molecular flexibility index (Phi) is 16.0. The summed E-state index contributed by atoms with van der Waals surface area (Å²) >= 11 is 0. The van der Waals surface area contributed by atoms with Gasteiger partial charge in [0.25, 0.3) is 0 Å². The molecular weight excluding hydrogens is 288 g/mol. The number of carboxylic acid groups (broad SMARTS) is 1. The van der Waals surface area contributed by atoms with E-state index in [-0.39, 0.29) is 6.42 Å². The summed E-state index contributed by atoms with van der Waals surface area (Å²) in [4.78, 5) is 10.4. The first-order valence-electron chi connectivity index (χ1n) is 9.05. The number of carbonyl (C=O) groups is 1.